The van der Waals surface area contributed by atoms with Crippen molar-refractivity contribution in [2.24, 2.45) is 5.92 Å². The second kappa shape index (κ2) is 10.6. The van der Waals surface area contributed by atoms with Crippen molar-refractivity contribution >= 4 is 15.9 Å². The van der Waals surface area contributed by atoms with E-state index in [4.69, 9.17) is 0 Å². The molecule has 1 saturated heterocycles. The van der Waals surface area contributed by atoms with Crippen molar-refractivity contribution in [3.8, 4) is 0 Å². The second-order valence-corrected chi connectivity index (χ2v) is 11.1. The first-order valence-corrected chi connectivity index (χ1v) is 12.8. The minimum Gasteiger partial charge on any atom is -0.348 e. The summed E-state index contributed by atoms with van der Waals surface area (Å²) in [6.45, 7) is 9.60. The molecule has 1 N–H and O–H groups in total. The lowest BCUT2D eigenvalue weighted by atomic mass is 9.99. The van der Waals surface area contributed by atoms with Crippen LogP contribution in [-0.2, 0) is 23.1 Å². The molecule has 1 unspecified atom stereocenters. The molecule has 2 aromatic carbocycles. The molecule has 1 aliphatic rings. The Morgan fingerprint density at radius 3 is 2.50 bits per heavy atom. The van der Waals surface area contributed by atoms with Gasteiger partial charge in [-0.25, -0.2) is 8.42 Å². The maximum Gasteiger partial charge on any atom is 0.251 e. The van der Waals surface area contributed by atoms with Crippen molar-refractivity contribution in [3.05, 3.63) is 65.2 Å². The highest BCUT2D eigenvalue weighted by Gasteiger charge is 2.24. The number of hydrogen-bond acceptors (Lipinski definition) is 4. The largest absolute Gasteiger partial charge is 0.348 e. The van der Waals surface area contributed by atoms with Crippen LogP contribution in [0, 0.1) is 5.92 Å². The van der Waals surface area contributed by atoms with E-state index in [1.807, 2.05) is 26.0 Å². The van der Waals surface area contributed by atoms with E-state index in [0.29, 0.717) is 12.1 Å². The molecular weight excluding hydrogens is 422 g/mol. The van der Waals surface area contributed by atoms with Gasteiger partial charge in [-0.2, -0.15) is 4.31 Å². The van der Waals surface area contributed by atoms with Gasteiger partial charge in [-0.05, 0) is 68.5 Å². The van der Waals surface area contributed by atoms with E-state index < -0.39 is 10.0 Å². The molecular formula is C25H35N3O3S. The zero-order chi connectivity index (χ0) is 23.3. The van der Waals surface area contributed by atoms with Gasteiger partial charge in [0.15, 0.2) is 0 Å². The summed E-state index contributed by atoms with van der Waals surface area (Å²) in [6.07, 6.45) is 2.58. The quantitative estimate of drug-likeness (QED) is 0.653. The molecule has 1 atom stereocenters. The van der Waals surface area contributed by atoms with E-state index in [1.54, 1.807) is 19.2 Å². The van der Waals surface area contributed by atoms with Gasteiger partial charge >= 0.3 is 0 Å². The first-order chi connectivity index (χ1) is 15.2. The molecule has 0 spiro atoms. The lowest BCUT2D eigenvalue weighted by Gasteiger charge is -2.30. The van der Waals surface area contributed by atoms with E-state index >= 15 is 0 Å². The number of nitrogens with zero attached hydrogens (tertiary/aromatic N) is 2. The van der Waals surface area contributed by atoms with Gasteiger partial charge in [-0.1, -0.05) is 37.3 Å². The third-order valence-corrected chi connectivity index (χ3v) is 8.15. The molecule has 0 bridgehead atoms. The van der Waals surface area contributed by atoms with Crippen LogP contribution in [0.5, 0.6) is 0 Å². The highest BCUT2D eigenvalue weighted by molar-refractivity contribution is 7.89. The molecule has 0 aliphatic carbocycles. The average Bonchev–Trinajstić information content (AvgIpc) is 2.78. The molecule has 1 amide bonds. The number of likely N-dealkylation sites (tertiary alicyclic amines) is 1. The van der Waals surface area contributed by atoms with Crippen LogP contribution in [0.15, 0.2) is 53.4 Å². The van der Waals surface area contributed by atoms with Crippen molar-refractivity contribution in [2.45, 2.75) is 57.6 Å². The molecule has 0 aromatic heterocycles. The molecule has 3 rings (SSSR count). The highest BCUT2D eigenvalue weighted by atomic mass is 32.2. The van der Waals surface area contributed by atoms with E-state index in [0.717, 1.165) is 31.1 Å². The maximum absolute atomic E-state index is 12.7. The minimum absolute atomic E-state index is 0.123. The van der Waals surface area contributed by atoms with Crippen LogP contribution < -0.4 is 5.32 Å². The van der Waals surface area contributed by atoms with Gasteiger partial charge < -0.3 is 5.32 Å². The number of amides is 1. The summed E-state index contributed by atoms with van der Waals surface area (Å²) in [5.41, 5.74) is 2.62. The molecule has 0 radical (unpaired) electrons. The monoisotopic (exact) mass is 457 g/mol. The van der Waals surface area contributed by atoms with Crippen molar-refractivity contribution in [2.75, 3.05) is 20.1 Å². The van der Waals surface area contributed by atoms with Crippen molar-refractivity contribution < 1.29 is 13.2 Å². The molecule has 2 aromatic rings. The first-order valence-electron chi connectivity index (χ1n) is 11.3. The van der Waals surface area contributed by atoms with E-state index in [1.165, 1.54) is 34.8 Å². The van der Waals surface area contributed by atoms with Crippen molar-refractivity contribution in [3.63, 3.8) is 0 Å². The van der Waals surface area contributed by atoms with Gasteiger partial charge in [0, 0.05) is 38.3 Å². The lowest BCUT2D eigenvalue weighted by molar-refractivity contribution is 0.0950. The predicted molar refractivity (Wildman–Crippen MR) is 128 cm³/mol. The maximum atomic E-state index is 12.7. The van der Waals surface area contributed by atoms with Crippen molar-refractivity contribution in [1.82, 2.24) is 14.5 Å². The number of hydrogen-bond donors (Lipinski definition) is 1. The van der Waals surface area contributed by atoms with Crippen LogP contribution >= 0.6 is 0 Å². The number of nitrogens with one attached hydrogen (secondary N) is 1. The summed E-state index contributed by atoms with van der Waals surface area (Å²) in [6, 6.07) is 14.4. The molecule has 1 aliphatic heterocycles. The number of carbonyl (C=O) groups excluding carboxylic acids is 1. The van der Waals surface area contributed by atoms with Gasteiger partial charge in [0.2, 0.25) is 10.0 Å². The minimum atomic E-state index is -3.63. The average molecular weight is 458 g/mol. The zero-order valence-corrected chi connectivity index (χ0v) is 20.4. The number of sulfonamides is 1. The Hall–Kier alpha value is -2.22. The van der Waals surface area contributed by atoms with E-state index in [-0.39, 0.29) is 16.8 Å². The predicted octanol–water partition coefficient (Wildman–Crippen LogP) is 3.88. The fourth-order valence-corrected chi connectivity index (χ4v) is 5.39. The normalized spacial score (nSPS) is 17.6. The summed E-state index contributed by atoms with van der Waals surface area (Å²) >= 11 is 0. The Kier molecular flexibility index (Phi) is 8.09. The van der Waals surface area contributed by atoms with Crippen LogP contribution in [0.4, 0.5) is 0 Å². The Bertz CT molecular complexity index is 1020. The summed E-state index contributed by atoms with van der Waals surface area (Å²) < 4.78 is 26.7. The summed E-state index contributed by atoms with van der Waals surface area (Å²) in [4.78, 5) is 15.3. The number of rotatable bonds is 8. The third-order valence-electron chi connectivity index (χ3n) is 6.12. The van der Waals surface area contributed by atoms with Crippen LogP contribution in [0.1, 0.15) is 55.1 Å². The van der Waals surface area contributed by atoms with Gasteiger partial charge in [0.1, 0.15) is 0 Å². The SMILES string of the molecule is CC1CCCN(Cc2ccc(CNC(=O)c3cccc(S(=O)(=O)N(C)C(C)C)c3)cc2)C1. The summed E-state index contributed by atoms with van der Waals surface area (Å²) in [5, 5.41) is 2.89. The van der Waals surface area contributed by atoms with Crippen LogP contribution in [-0.4, -0.2) is 49.7 Å². The molecule has 7 heteroatoms. The number of benzene rings is 2. The van der Waals surface area contributed by atoms with E-state index in [9.17, 15) is 13.2 Å². The first kappa shape index (κ1) is 24.4. The van der Waals surface area contributed by atoms with Gasteiger partial charge in [0.25, 0.3) is 5.91 Å². The number of carbonyl (C=O) groups is 1. The Morgan fingerprint density at radius 2 is 1.84 bits per heavy atom. The van der Waals surface area contributed by atoms with E-state index in [2.05, 4.69) is 29.3 Å². The second-order valence-electron chi connectivity index (χ2n) is 9.12. The fraction of sp³-hybridized carbons (Fsp3) is 0.480. The smallest absolute Gasteiger partial charge is 0.251 e. The standard InChI is InChI=1S/C25H35N3O3S/c1-19(2)27(4)32(30,31)24-9-5-8-23(15-24)25(29)26-16-21-10-12-22(13-11-21)18-28-14-6-7-20(3)17-28/h5,8-13,15,19-20H,6-7,14,16-18H2,1-4H3,(H,26,29). The topological polar surface area (TPSA) is 69.7 Å². The number of piperidine rings is 1. The third kappa shape index (κ3) is 6.18. The molecule has 174 valence electrons. The Morgan fingerprint density at radius 1 is 1.16 bits per heavy atom. The fourth-order valence-electron chi connectivity index (χ4n) is 3.98. The molecule has 6 nitrogen and oxygen atoms in total. The Labute approximate surface area is 192 Å². The molecule has 32 heavy (non-hydrogen) atoms. The van der Waals surface area contributed by atoms with Crippen LogP contribution in [0.2, 0.25) is 0 Å². The summed E-state index contributed by atoms with van der Waals surface area (Å²) in [5.74, 6) is 0.470. The van der Waals surface area contributed by atoms with Crippen LogP contribution in [0.25, 0.3) is 0 Å². The molecule has 0 saturated carbocycles. The van der Waals surface area contributed by atoms with Crippen molar-refractivity contribution in [1.29, 1.82) is 0 Å². The van der Waals surface area contributed by atoms with Gasteiger partial charge in [-0.3, -0.25) is 9.69 Å². The van der Waals surface area contributed by atoms with Crippen LogP contribution in [0.3, 0.4) is 0 Å². The Balaban J connectivity index is 1.59. The molecule has 1 fully saturated rings. The molecule has 1 heterocycles. The van der Waals surface area contributed by atoms with Gasteiger partial charge in [-0.15, -0.1) is 0 Å². The summed E-state index contributed by atoms with van der Waals surface area (Å²) in [7, 11) is -2.09. The lowest BCUT2D eigenvalue weighted by Crippen LogP contribution is -2.33. The highest BCUT2D eigenvalue weighted by Crippen LogP contribution is 2.19. The zero-order valence-electron chi connectivity index (χ0n) is 19.5. The van der Waals surface area contributed by atoms with Gasteiger partial charge in [0.05, 0.1) is 4.90 Å².